The van der Waals surface area contributed by atoms with Crippen LogP contribution in [0.15, 0.2) is 10.5 Å². The summed E-state index contributed by atoms with van der Waals surface area (Å²) in [5.74, 6) is 0.938. The van der Waals surface area contributed by atoms with Gasteiger partial charge in [0.15, 0.2) is 0 Å². The Morgan fingerprint density at radius 1 is 1.24 bits per heavy atom. The van der Waals surface area contributed by atoms with Crippen LogP contribution in [0.4, 0.5) is 0 Å². The second-order valence-corrected chi connectivity index (χ2v) is 6.73. The highest BCUT2D eigenvalue weighted by molar-refractivity contribution is 7.19. The van der Waals surface area contributed by atoms with E-state index < -0.39 is 0 Å². The van der Waals surface area contributed by atoms with Crippen LogP contribution in [-0.4, -0.2) is 14.8 Å². The summed E-state index contributed by atoms with van der Waals surface area (Å²) in [4.78, 5) is 19.5. The molecule has 0 saturated heterocycles. The van der Waals surface area contributed by atoms with Gasteiger partial charge in [-0.15, -0.1) is 11.3 Å². The fraction of sp³-hybridized carbons (Fsp3) is 0.467. The number of hydroxylamine groups is 1. The Kier molecular flexibility index (Phi) is 3.08. The molecule has 0 bridgehead atoms. The summed E-state index contributed by atoms with van der Waals surface area (Å²) < 4.78 is 1.88. The van der Waals surface area contributed by atoms with Crippen molar-refractivity contribution in [3.8, 4) is 0 Å². The summed E-state index contributed by atoms with van der Waals surface area (Å²) in [5.41, 5.74) is 4.26. The third-order valence-electron chi connectivity index (χ3n) is 4.40. The number of thiophene rings is 1. The van der Waals surface area contributed by atoms with Crippen molar-refractivity contribution in [2.24, 2.45) is 0 Å². The minimum absolute atomic E-state index is 0.128. The van der Waals surface area contributed by atoms with E-state index in [-0.39, 0.29) is 5.56 Å². The van der Waals surface area contributed by atoms with Crippen LogP contribution in [0.25, 0.3) is 16.3 Å². The Morgan fingerprint density at radius 3 is 3.00 bits per heavy atom. The van der Waals surface area contributed by atoms with Gasteiger partial charge in [-0.3, -0.25) is 20.0 Å². The Morgan fingerprint density at radius 2 is 2.14 bits per heavy atom. The number of nitrogens with zero attached hydrogens (tertiary/aromatic N) is 2. The Bertz CT molecular complexity index is 803. The highest BCUT2D eigenvalue weighted by Crippen LogP contribution is 2.34. The molecule has 0 unspecified atom stereocenters. The van der Waals surface area contributed by atoms with E-state index in [0.29, 0.717) is 0 Å². The highest BCUT2D eigenvalue weighted by Gasteiger charge is 2.22. The van der Waals surface area contributed by atoms with Gasteiger partial charge in [0.25, 0.3) is 5.56 Å². The second-order valence-electron chi connectivity index (χ2n) is 5.70. The van der Waals surface area contributed by atoms with E-state index in [0.717, 1.165) is 70.8 Å². The number of rotatable bonds is 1. The average Bonchev–Trinajstić information content (AvgIpc) is 2.68. The lowest BCUT2D eigenvalue weighted by Crippen LogP contribution is -2.24. The number of aromatic nitrogens is 2. The fourth-order valence-electron chi connectivity index (χ4n) is 3.29. The summed E-state index contributed by atoms with van der Waals surface area (Å²) >= 11 is 1.56. The van der Waals surface area contributed by atoms with Gasteiger partial charge in [-0.1, -0.05) is 6.42 Å². The van der Waals surface area contributed by atoms with Crippen molar-refractivity contribution in [3.63, 3.8) is 0 Å². The molecule has 21 heavy (non-hydrogen) atoms. The van der Waals surface area contributed by atoms with Gasteiger partial charge in [-0.05, 0) is 37.3 Å². The maximum Gasteiger partial charge on any atom is 0.262 e. The van der Waals surface area contributed by atoms with Crippen molar-refractivity contribution in [2.45, 2.75) is 45.1 Å². The molecule has 0 aromatic carbocycles. The molecule has 2 N–H and O–H groups in total. The van der Waals surface area contributed by atoms with Gasteiger partial charge in [-0.2, -0.15) is 0 Å². The van der Waals surface area contributed by atoms with Crippen LogP contribution in [0.3, 0.4) is 0 Å². The molecule has 0 fully saturated rings. The van der Waals surface area contributed by atoms with Crippen LogP contribution in [0.5, 0.6) is 0 Å². The first-order chi connectivity index (χ1) is 10.3. The quantitative estimate of drug-likeness (QED) is 0.794. The van der Waals surface area contributed by atoms with Crippen LogP contribution in [0, 0.1) is 0 Å². The number of aryl methyl sites for hydroxylation is 2. The summed E-state index contributed by atoms with van der Waals surface area (Å²) in [6, 6.07) is 0. The van der Waals surface area contributed by atoms with E-state index in [4.69, 9.17) is 10.2 Å². The molecular weight excluding hydrogens is 286 g/mol. The summed E-state index contributed by atoms with van der Waals surface area (Å²) in [6.45, 7) is 0.793. The smallest absolute Gasteiger partial charge is 0.262 e. The Hall–Kier alpha value is -1.66. The van der Waals surface area contributed by atoms with Crippen molar-refractivity contribution in [1.82, 2.24) is 15.0 Å². The minimum Gasteiger partial charge on any atom is -0.296 e. The standard InChI is InChI=1S/C15H17N3O2S/c19-15-13-10-6-5-9(17-20)8-11(10)21-14(13)16-12-4-2-1-3-7-18(12)15/h8,17,20H,1-7H2. The lowest BCUT2D eigenvalue weighted by molar-refractivity contribution is 0.197. The molecule has 3 heterocycles. The highest BCUT2D eigenvalue weighted by atomic mass is 32.1. The molecule has 2 aromatic rings. The van der Waals surface area contributed by atoms with Crippen LogP contribution in [0.2, 0.25) is 0 Å². The molecule has 0 amide bonds. The maximum absolute atomic E-state index is 12.9. The van der Waals surface area contributed by atoms with Gasteiger partial charge < -0.3 is 0 Å². The lowest BCUT2D eigenvalue weighted by atomic mass is 10.0. The molecule has 5 nitrogen and oxygen atoms in total. The van der Waals surface area contributed by atoms with E-state index in [1.54, 1.807) is 11.3 Å². The van der Waals surface area contributed by atoms with Crippen molar-refractivity contribution in [3.05, 3.63) is 32.3 Å². The zero-order valence-corrected chi connectivity index (χ0v) is 12.5. The van der Waals surface area contributed by atoms with Gasteiger partial charge in [0.05, 0.1) is 5.39 Å². The lowest BCUT2D eigenvalue weighted by Gasteiger charge is -2.12. The Labute approximate surface area is 125 Å². The number of hydrogen-bond donors (Lipinski definition) is 2. The second kappa shape index (κ2) is 4.96. The maximum atomic E-state index is 12.9. The molecule has 4 rings (SSSR count). The predicted molar refractivity (Wildman–Crippen MR) is 82.7 cm³/mol. The number of fused-ring (bicyclic) bond motifs is 4. The van der Waals surface area contributed by atoms with Crippen molar-refractivity contribution < 1.29 is 5.21 Å². The predicted octanol–water partition coefficient (Wildman–Crippen LogP) is 2.45. The molecule has 0 radical (unpaired) electrons. The van der Waals surface area contributed by atoms with Crippen LogP contribution in [-0.2, 0) is 19.4 Å². The van der Waals surface area contributed by atoms with Crippen LogP contribution >= 0.6 is 11.3 Å². The third kappa shape index (κ3) is 2.01. The van der Waals surface area contributed by atoms with Gasteiger partial charge >= 0.3 is 0 Å². The number of allylic oxidation sites excluding steroid dienone is 1. The van der Waals surface area contributed by atoms with E-state index in [9.17, 15) is 4.79 Å². The zero-order chi connectivity index (χ0) is 14.4. The summed E-state index contributed by atoms with van der Waals surface area (Å²) in [7, 11) is 0. The van der Waals surface area contributed by atoms with Gasteiger partial charge in [0.1, 0.15) is 10.7 Å². The topological polar surface area (TPSA) is 67.2 Å². The average molecular weight is 303 g/mol. The first-order valence-corrected chi connectivity index (χ1v) is 8.25. The summed E-state index contributed by atoms with van der Waals surface area (Å²) in [5, 5.41) is 9.85. The van der Waals surface area contributed by atoms with Gasteiger partial charge in [0.2, 0.25) is 0 Å². The molecule has 2 aromatic heterocycles. The molecule has 0 atom stereocenters. The first-order valence-electron chi connectivity index (χ1n) is 7.43. The molecule has 2 aliphatic rings. The normalized spacial score (nSPS) is 17.9. The number of nitrogens with one attached hydrogen (secondary N) is 1. The number of hydrogen-bond acceptors (Lipinski definition) is 5. The third-order valence-corrected chi connectivity index (χ3v) is 5.47. The molecule has 1 aliphatic heterocycles. The van der Waals surface area contributed by atoms with E-state index in [1.807, 2.05) is 10.6 Å². The molecule has 1 aliphatic carbocycles. The van der Waals surface area contributed by atoms with Gasteiger partial charge in [-0.25, -0.2) is 4.98 Å². The molecule has 0 spiro atoms. The Balaban J connectivity index is 1.98. The summed E-state index contributed by atoms with van der Waals surface area (Å²) in [6.07, 6.45) is 7.68. The molecular formula is C15H17N3O2S. The minimum atomic E-state index is 0.128. The van der Waals surface area contributed by atoms with Crippen LogP contribution < -0.4 is 11.0 Å². The van der Waals surface area contributed by atoms with Crippen molar-refractivity contribution >= 4 is 27.6 Å². The van der Waals surface area contributed by atoms with Gasteiger partial charge in [0, 0.05) is 23.5 Å². The van der Waals surface area contributed by atoms with E-state index >= 15 is 0 Å². The van der Waals surface area contributed by atoms with Crippen LogP contribution in [0.1, 0.15) is 41.9 Å². The molecule has 0 saturated carbocycles. The molecule has 6 heteroatoms. The van der Waals surface area contributed by atoms with E-state index in [1.165, 1.54) is 6.42 Å². The molecule has 110 valence electrons. The van der Waals surface area contributed by atoms with Crippen molar-refractivity contribution in [1.29, 1.82) is 0 Å². The van der Waals surface area contributed by atoms with Crippen molar-refractivity contribution in [2.75, 3.05) is 0 Å². The zero-order valence-electron chi connectivity index (χ0n) is 11.7. The fourth-order valence-corrected chi connectivity index (χ4v) is 4.49. The largest absolute Gasteiger partial charge is 0.296 e. The van der Waals surface area contributed by atoms with E-state index in [2.05, 4.69) is 5.48 Å². The monoisotopic (exact) mass is 303 g/mol. The first kappa shape index (κ1) is 13.0. The SMILES string of the molecule is O=c1c2c3c(sc2nc2n1CCCCC2)C=C(NO)CC3.